The van der Waals surface area contributed by atoms with Gasteiger partial charge in [-0.25, -0.2) is 4.98 Å². The summed E-state index contributed by atoms with van der Waals surface area (Å²) in [5, 5.41) is 19.5. The molecule has 1 atom stereocenters. The summed E-state index contributed by atoms with van der Waals surface area (Å²) < 4.78 is 10.7. The van der Waals surface area contributed by atoms with Crippen LogP contribution in [0.25, 0.3) is 16.6 Å². The Morgan fingerprint density at radius 3 is 2.41 bits per heavy atom. The Morgan fingerprint density at radius 2 is 1.78 bits per heavy atom. The number of nitrogens with one attached hydrogen (secondary N) is 2. The van der Waals surface area contributed by atoms with Gasteiger partial charge in [0, 0.05) is 18.2 Å². The van der Waals surface area contributed by atoms with Crippen molar-refractivity contribution < 1.29 is 14.6 Å². The van der Waals surface area contributed by atoms with Gasteiger partial charge in [0.1, 0.15) is 28.9 Å². The molecule has 4 rings (SSSR count). The highest BCUT2D eigenvalue weighted by atomic mass is 16.5. The lowest BCUT2D eigenvalue weighted by atomic mass is 10.2. The Kier molecular flexibility index (Phi) is 3.99. The van der Waals surface area contributed by atoms with E-state index in [9.17, 15) is 5.11 Å². The van der Waals surface area contributed by atoms with Crippen LogP contribution in [0.3, 0.4) is 0 Å². The number of H-pyrrole nitrogens is 1. The molecule has 0 saturated heterocycles. The maximum atomic E-state index is 10.8. The highest BCUT2D eigenvalue weighted by Crippen LogP contribution is 2.38. The molecule has 1 aliphatic rings. The molecule has 0 unspecified atom stereocenters. The molecular formula is C20H20N4O3. The van der Waals surface area contributed by atoms with Crippen molar-refractivity contribution in [2.75, 3.05) is 19.1 Å². The summed E-state index contributed by atoms with van der Waals surface area (Å²) in [6, 6.07) is 12.6. The van der Waals surface area contributed by atoms with E-state index in [1.807, 2.05) is 43.3 Å². The fourth-order valence-corrected chi connectivity index (χ4v) is 3.36. The Morgan fingerprint density at radius 1 is 1.11 bits per heavy atom. The van der Waals surface area contributed by atoms with Gasteiger partial charge in [-0.15, -0.1) is 0 Å². The van der Waals surface area contributed by atoms with Crippen molar-refractivity contribution in [3.63, 3.8) is 0 Å². The van der Waals surface area contributed by atoms with Gasteiger partial charge >= 0.3 is 0 Å². The zero-order valence-electron chi connectivity index (χ0n) is 15.3. The molecular weight excluding hydrogens is 344 g/mol. The predicted octanol–water partition coefficient (Wildman–Crippen LogP) is 3.74. The molecule has 138 valence electrons. The van der Waals surface area contributed by atoms with E-state index in [4.69, 9.17) is 14.9 Å². The lowest BCUT2D eigenvalue weighted by molar-refractivity contribution is 0.382. The Balaban J connectivity index is 1.78. The Labute approximate surface area is 156 Å². The maximum Gasteiger partial charge on any atom is 0.145 e. The summed E-state index contributed by atoms with van der Waals surface area (Å²) in [6.07, 6.45) is 0. The number of rotatable bonds is 4. The van der Waals surface area contributed by atoms with Crippen molar-refractivity contribution in [2.45, 2.75) is 13.0 Å². The van der Waals surface area contributed by atoms with Gasteiger partial charge < -0.3 is 24.5 Å². The summed E-state index contributed by atoms with van der Waals surface area (Å²) in [4.78, 5) is 9.45. The van der Waals surface area contributed by atoms with E-state index in [-0.39, 0.29) is 11.6 Å². The van der Waals surface area contributed by atoms with Crippen molar-refractivity contribution in [1.82, 2.24) is 9.97 Å². The molecule has 0 saturated carbocycles. The number of amidine groups is 1. The fraction of sp³-hybridized carbons (Fsp3) is 0.200. The van der Waals surface area contributed by atoms with E-state index >= 15 is 0 Å². The molecule has 0 fully saturated rings. The number of para-hydroxylation sites is 2. The molecule has 0 bridgehead atoms. The van der Waals surface area contributed by atoms with Crippen LogP contribution in [0.2, 0.25) is 0 Å². The second-order valence-electron chi connectivity index (χ2n) is 6.33. The number of ether oxygens (including phenoxy) is 2. The molecule has 0 amide bonds. The SMILES string of the molecule is COc1cc(OC)cc(N2C(=N)C(c3nc4ccccc4[nH]3)=C(O)[C@H]2C)c1. The Bertz CT molecular complexity index is 1010. The van der Waals surface area contributed by atoms with Crippen LogP contribution in [0, 0.1) is 5.41 Å². The summed E-state index contributed by atoms with van der Waals surface area (Å²) in [5.41, 5.74) is 2.73. The number of imidazole rings is 1. The molecule has 0 radical (unpaired) electrons. The minimum atomic E-state index is -0.419. The number of fused-ring (bicyclic) bond motifs is 1. The third-order valence-corrected chi connectivity index (χ3v) is 4.76. The molecule has 3 N–H and O–H groups in total. The zero-order valence-corrected chi connectivity index (χ0v) is 15.3. The van der Waals surface area contributed by atoms with Crippen molar-refractivity contribution in [2.24, 2.45) is 0 Å². The molecule has 0 aliphatic carbocycles. The maximum absolute atomic E-state index is 10.8. The van der Waals surface area contributed by atoms with Crippen LogP contribution < -0.4 is 14.4 Å². The largest absolute Gasteiger partial charge is 0.509 e. The van der Waals surface area contributed by atoms with Gasteiger partial charge in [0.05, 0.1) is 42.6 Å². The van der Waals surface area contributed by atoms with Gasteiger partial charge in [0.15, 0.2) is 0 Å². The highest BCUT2D eigenvalue weighted by molar-refractivity contribution is 6.31. The third-order valence-electron chi connectivity index (χ3n) is 4.76. The van der Waals surface area contributed by atoms with Crippen molar-refractivity contribution >= 4 is 28.1 Å². The summed E-state index contributed by atoms with van der Waals surface area (Å²) in [5.74, 6) is 1.96. The van der Waals surface area contributed by atoms with Crippen LogP contribution in [0.1, 0.15) is 12.7 Å². The van der Waals surface area contributed by atoms with Gasteiger partial charge in [0.25, 0.3) is 0 Å². The van der Waals surface area contributed by atoms with Crippen LogP contribution in [0.4, 0.5) is 5.69 Å². The molecule has 2 aromatic carbocycles. The van der Waals surface area contributed by atoms with Gasteiger partial charge in [-0.05, 0) is 19.1 Å². The van der Waals surface area contributed by atoms with Crippen LogP contribution in [-0.2, 0) is 0 Å². The predicted molar refractivity (Wildman–Crippen MR) is 105 cm³/mol. The topological polar surface area (TPSA) is 94.5 Å². The quantitative estimate of drug-likeness (QED) is 0.656. The second kappa shape index (κ2) is 6.35. The molecule has 27 heavy (non-hydrogen) atoms. The normalized spacial score (nSPS) is 17.1. The molecule has 1 aliphatic heterocycles. The number of nitrogens with zero attached hydrogens (tertiary/aromatic N) is 2. The van der Waals surface area contributed by atoms with Gasteiger partial charge in [-0.1, -0.05) is 12.1 Å². The lowest BCUT2D eigenvalue weighted by Gasteiger charge is -2.25. The molecule has 7 nitrogen and oxygen atoms in total. The molecule has 7 heteroatoms. The van der Waals surface area contributed by atoms with Crippen molar-refractivity contribution in [1.29, 1.82) is 5.41 Å². The molecule has 3 aromatic rings. The summed E-state index contributed by atoms with van der Waals surface area (Å²) in [7, 11) is 3.15. The first-order valence-electron chi connectivity index (χ1n) is 8.53. The van der Waals surface area contributed by atoms with Crippen molar-refractivity contribution in [3.8, 4) is 11.5 Å². The monoisotopic (exact) mass is 364 g/mol. The third kappa shape index (κ3) is 2.68. The first-order chi connectivity index (χ1) is 13.0. The number of hydrogen-bond donors (Lipinski definition) is 3. The number of hydrogen-bond acceptors (Lipinski definition) is 5. The number of benzene rings is 2. The smallest absolute Gasteiger partial charge is 0.145 e. The molecule has 1 aromatic heterocycles. The first kappa shape index (κ1) is 17.0. The van der Waals surface area contributed by atoms with E-state index < -0.39 is 6.04 Å². The standard InChI is InChI=1S/C20H20N4O3/c1-11-18(25)17(20-22-15-6-4-5-7-16(15)23-20)19(21)24(11)12-8-13(26-2)10-14(9-12)27-3/h4-11,21,25H,1-3H3,(H,22,23)/t11-/m1/s1. The number of methoxy groups -OCH3 is 2. The first-order valence-corrected chi connectivity index (χ1v) is 8.53. The number of aromatic amines is 1. The van der Waals surface area contributed by atoms with Crippen LogP contribution in [0.15, 0.2) is 48.2 Å². The minimum Gasteiger partial charge on any atom is -0.509 e. The van der Waals surface area contributed by atoms with E-state index in [1.54, 1.807) is 25.2 Å². The average Bonchev–Trinajstić information content (AvgIpc) is 3.19. The zero-order chi connectivity index (χ0) is 19.1. The summed E-state index contributed by atoms with van der Waals surface area (Å²) in [6.45, 7) is 1.84. The molecule has 0 spiro atoms. The number of aliphatic hydroxyl groups excluding tert-OH is 1. The van der Waals surface area contributed by atoms with Gasteiger partial charge in [-0.2, -0.15) is 0 Å². The van der Waals surface area contributed by atoms with E-state index in [2.05, 4.69) is 9.97 Å². The summed E-state index contributed by atoms with van der Waals surface area (Å²) >= 11 is 0. The van der Waals surface area contributed by atoms with Crippen LogP contribution in [0.5, 0.6) is 11.5 Å². The number of aromatic nitrogens is 2. The van der Waals surface area contributed by atoms with Crippen LogP contribution in [-0.4, -0.2) is 41.2 Å². The van der Waals surface area contributed by atoms with Crippen molar-refractivity contribution in [3.05, 3.63) is 54.0 Å². The molecule has 2 heterocycles. The highest BCUT2D eigenvalue weighted by Gasteiger charge is 2.37. The minimum absolute atomic E-state index is 0.0980. The fourth-order valence-electron chi connectivity index (χ4n) is 3.36. The van der Waals surface area contributed by atoms with Crippen LogP contribution >= 0.6 is 0 Å². The van der Waals surface area contributed by atoms with E-state index in [1.165, 1.54) is 0 Å². The average molecular weight is 364 g/mol. The number of anilines is 1. The lowest BCUT2D eigenvalue weighted by Crippen LogP contribution is -2.33. The van der Waals surface area contributed by atoms with Gasteiger partial charge in [-0.3, -0.25) is 5.41 Å². The Hall–Kier alpha value is -3.48. The van der Waals surface area contributed by atoms with Gasteiger partial charge in [0.2, 0.25) is 0 Å². The second-order valence-corrected chi connectivity index (χ2v) is 6.33. The van der Waals surface area contributed by atoms with E-state index in [0.717, 1.165) is 11.0 Å². The number of aliphatic hydroxyl groups is 1. The van der Waals surface area contributed by atoms with E-state index in [0.29, 0.717) is 28.6 Å².